The van der Waals surface area contributed by atoms with Gasteiger partial charge in [0.15, 0.2) is 0 Å². The fraction of sp³-hybridized carbons (Fsp3) is 0.444. The van der Waals surface area contributed by atoms with Crippen LogP contribution < -0.4 is 0 Å². The molecule has 122 valence electrons. The Bertz CT molecular complexity index is 674. The maximum absolute atomic E-state index is 13.0. The number of aromatic nitrogens is 1. The zero-order valence-electron chi connectivity index (χ0n) is 13.5. The third kappa shape index (κ3) is 3.44. The minimum absolute atomic E-state index is 0.115. The Labute approximate surface area is 135 Å². The van der Waals surface area contributed by atoms with E-state index < -0.39 is 0 Å². The van der Waals surface area contributed by atoms with Gasteiger partial charge in [-0.25, -0.2) is 4.39 Å². The van der Waals surface area contributed by atoms with Crippen molar-refractivity contribution < 1.29 is 13.7 Å². The Morgan fingerprint density at radius 2 is 2.09 bits per heavy atom. The van der Waals surface area contributed by atoms with Gasteiger partial charge in [0, 0.05) is 18.2 Å². The summed E-state index contributed by atoms with van der Waals surface area (Å²) in [7, 11) is 0. The second kappa shape index (κ2) is 6.52. The average molecular weight is 316 g/mol. The summed E-state index contributed by atoms with van der Waals surface area (Å²) in [6.45, 7) is 4.48. The second-order valence-corrected chi connectivity index (χ2v) is 6.19. The third-order valence-corrected chi connectivity index (χ3v) is 4.59. The Hall–Kier alpha value is -2.17. The van der Waals surface area contributed by atoms with Crippen LogP contribution in [0, 0.1) is 19.7 Å². The Morgan fingerprint density at radius 3 is 2.74 bits per heavy atom. The molecule has 1 aromatic heterocycles. The Balaban J connectivity index is 1.68. The van der Waals surface area contributed by atoms with Crippen LogP contribution in [0.4, 0.5) is 4.39 Å². The quantitative estimate of drug-likeness (QED) is 0.870. The standard InChI is InChI=1S/C18H21FN2O2/c1-12-17(13(2)23-20-12)11-18(22)21-9-3-4-16(21)10-14-5-7-15(19)8-6-14/h5-8,16H,3-4,9-11H2,1-2H3/t16-/m0/s1. The molecule has 0 saturated carbocycles. The molecule has 1 atom stereocenters. The molecule has 1 saturated heterocycles. The summed E-state index contributed by atoms with van der Waals surface area (Å²) in [4.78, 5) is 14.6. The summed E-state index contributed by atoms with van der Waals surface area (Å²) in [6.07, 6.45) is 3.11. The molecule has 1 fully saturated rings. The molecule has 5 heteroatoms. The zero-order valence-corrected chi connectivity index (χ0v) is 13.5. The lowest BCUT2D eigenvalue weighted by Gasteiger charge is -2.25. The van der Waals surface area contributed by atoms with Gasteiger partial charge in [-0.3, -0.25) is 4.79 Å². The van der Waals surface area contributed by atoms with Gasteiger partial charge in [-0.1, -0.05) is 17.3 Å². The number of nitrogens with zero attached hydrogens (tertiary/aromatic N) is 2. The van der Waals surface area contributed by atoms with Crippen molar-refractivity contribution in [1.29, 1.82) is 0 Å². The van der Waals surface area contributed by atoms with Crippen molar-refractivity contribution in [1.82, 2.24) is 10.1 Å². The number of halogens is 1. The van der Waals surface area contributed by atoms with E-state index in [1.807, 2.05) is 18.7 Å². The number of aryl methyl sites for hydroxylation is 2. The summed E-state index contributed by atoms with van der Waals surface area (Å²) in [5, 5.41) is 3.91. The molecule has 1 aromatic carbocycles. The number of rotatable bonds is 4. The maximum atomic E-state index is 13.0. The molecule has 1 aliphatic rings. The first-order valence-corrected chi connectivity index (χ1v) is 8.00. The molecule has 23 heavy (non-hydrogen) atoms. The molecule has 1 aliphatic heterocycles. The van der Waals surface area contributed by atoms with Crippen LogP contribution >= 0.6 is 0 Å². The second-order valence-electron chi connectivity index (χ2n) is 6.19. The van der Waals surface area contributed by atoms with Crippen LogP contribution in [-0.4, -0.2) is 28.6 Å². The number of carbonyl (C=O) groups is 1. The number of benzene rings is 1. The monoisotopic (exact) mass is 316 g/mol. The number of hydrogen-bond donors (Lipinski definition) is 0. The Kier molecular flexibility index (Phi) is 4.46. The molecule has 0 unspecified atom stereocenters. The van der Waals surface area contributed by atoms with E-state index in [4.69, 9.17) is 4.52 Å². The Morgan fingerprint density at radius 1 is 1.35 bits per heavy atom. The molecule has 0 spiro atoms. The molecule has 0 N–H and O–H groups in total. The molecule has 0 radical (unpaired) electrons. The first kappa shape index (κ1) is 15.7. The topological polar surface area (TPSA) is 46.3 Å². The third-order valence-electron chi connectivity index (χ3n) is 4.59. The van der Waals surface area contributed by atoms with Gasteiger partial charge >= 0.3 is 0 Å². The lowest BCUT2D eigenvalue weighted by atomic mass is 10.0. The van der Waals surface area contributed by atoms with Gasteiger partial charge in [0.2, 0.25) is 5.91 Å². The van der Waals surface area contributed by atoms with Crippen molar-refractivity contribution in [2.24, 2.45) is 0 Å². The van der Waals surface area contributed by atoms with E-state index in [1.54, 1.807) is 12.1 Å². The van der Waals surface area contributed by atoms with E-state index in [2.05, 4.69) is 5.16 Å². The van der Waals surface area contributed by atoms with E-state index in [-0.39, 0.29) is 17.8 Å². The van der Waals surface area contributed by atoms with Gasteiger partial charge in [-0.2, -0.15) is 0 Å². The van der Waals surface area contributed by atoms with Crippen molar-refractivity contribution in [3.63, 3.8) is 0 Å². The van der Waals surface area contributed by atoms with E-state index in [0.717, 1.165) is 42.6 Å². The largest absolute Gasteiger partial charge is 0.361 e. The van der Waals surface area contributed by atoms with Crippen LogP contribution in [0.25, 0.3) is 0 Å². The highest BCUT2D eigenvalue weighted by molar-refractivity contribution is 5.79. The van der Waals surface area contributed by atoms with Crippen LogP contribution in [-0.2, 0) is 17.6 Å². The predicted octanol–water partition coefficient (Wildman–Crippen LogP) is 3.21. The summed E-state index contributed by atoms with van der Waals surface area (Å²) in [6, 6.07) is 6.73. The molecule has 4 nitrogen and oxygen atoms in total. The van der Waals surface area contributed by atoms with Crippen molar-refractivity contribution in [2.75, 3.05) is 6.54 Å². The number of likely N-dealkylation sites (tertiary alicyclic amines) is 1. The first-order chi connectivity index (χ1) is 11.0. The van der Waals surface area contributed by atoms with Gasteiger partial charge < -0.3 is 9.42 Å². The number of hydrogen-bond acceptors (Lipinski definition) is 3. The van der Waals surface area contributed by atoms with Crippen LogP contribution in [0.5, 0.6) is 0 Å². The van der Waals surface area contributed by atoms with E-state index in [9.17, 15) is 9.18 Å². The first-order valence-electron chi connectivity index (χ1n) is 8.00. The maximum Gasteiger partial charge on any atom is 0.227 e. The number of amides is 1. The van der Waals surface area contributed by atoms with Gasteiger partial charge in [-0.05, 0) is 50.8 Å². The molecule has 2 aromatic rings. The summed E-state index contributed by atoms with van der Waals surface area (Å²) >= 11 is 0. The lowest BCUT2D eigenvalue weighted by molar-refractivity contribution is -0.131. The van der Waals surface area contributed by atoms with Gasteiger partial charge in [0.1, 0.15) is 11.6 Å². The molecule has 0 aliphatic carbocycles. The average Bonchev–Trinajstić information content (AvgIpc) is 3.11. The fourth-order valence-corrected chi connectivity index (χ4v) is 3.28. The van der Waals surface area contributed by atoms with Crippen LogP contribution in [0.2, 0.25) is 0 Å². The molecular weight excluding hydrogens is 295 g/mol. The van der Waals surface area contributed by atoms with Gasteiger partial charge in [0.05, 0.1) is 12.1 Å². The van der Waals surface area contributed by atoms with Gasteiger partial charge in [-0.15, -0.1) is 0 Å². The minimum atomic E-state index is -0.230. The van der Waals surface area contributed by atoms with Crippen molar-refractivity contribution in [2.45, 2.75) is 45.6 Å². The fourth-order valence-electron chi connectivity index (χ4n) is 3.28. The normalized spacial score (nSPS) is 17.7. The highest BCUT2D eigenvalue weighted by atomic mass is 19.1. The van der Waals surface area contributed by atoms with E-state index >= 15 is 0 Å². The minimum Gasteiger partial charge on any atom is -0.361 e. The molecule has 1 amide bonds. The lowest BCUT2D eigenvalue weighted by Crippen LogP contribution is -2.37. The van der Waals surface area contributed by atoms with Crippen LogP contribution in [0.1, 0.15) is 35.4 Å². The molecule has 0 bridgehead atoms. The van der Waals surface area contributed by atoms with Crippen LogP contribution in [0.15, 0.2) is 28.8 Å². The van der Waals surface area contributed by atoms with Crippen molar-refractivity contribution in [3.05, 3.63) is 52.7 Å². The zero-order chi connectivity index (χ0) is 16.4. The number of carbonyl (C=O) groups excluding carboxylic acids is 1. The summed E-state index contributed by atoms with van der Waals surface area (Å²) < 4.78 is 18.1. The highest BCUT2D eigenvalue weighted by Crippen LogP contribution is 2.23. The molecule has 3 rings (SSSR count). The van der Waals surface area contributed by atoms with Crippen LogP contribution in [0.3, 0.4) is 0 Å². The molecular formula is C18H21FN2O2. The van der Waals surface area contributed by atoms with Crippen molar-refractivity contribution >= 4 is 5.91 Å². The smallest absolute Gasteiger partial charge is 0.227 e. The van der Waals surface area contributed by atoms with Gasteiger partial charge in [0.25, 0.3) is 0 Å². The predicted molar refractivity (Wildman–Crippen MR) is 84.5 cm³/mol. The SMILES string of the molecule is Cc1noc(C)c1CC(=O)N1CCC[C@H]1Cc1ccc(F)cc1. The molecule has 2 heterocycles. The highest BCUT2D eigenvalue weighted by Gasteiger charge is 2.29. The van der Waals surface area contributed by atoms with E-state index in [1.165, 1.54) is 12.1 Å². The summed E-state index contributed by atoms with van der Waals surface area (Å²) in [5.74, 6) is 0.598. The van der Waals surface area contributed by atoms with Crippen molar-refractivity contribution in [3.8, 4) is 0 Å². The summed E-state index contributed by atoms with van der Waals surface area (Å²) in [5.41, 5.74) is 2.74. The van der Waals surface area contributed by atoms with E-state index in [0.29, 0.717) is 12.2 Å².